The minimum absolute atomic E-state index is 0.0796. The average molecular weight is 471 g/mol. The second-order valence-corrected chi connectivity index (χ2v) is 8.82. The van der Waals surface area contributed by atoms with E-state index in [4.69, 9.17) is 28.5 Å². The molecule has 2 aliphatic rings. The van der Waals surface area contributed by atoms with Gasteiger partial charge in [-0.15, -0.1) is 0 Å². The summed E-state index contributed by atoms with van der Waals surface area (Å²) in [6, 6.07) is 13.0. The van der Waals surface area contributed by atoms with Crippen molar-refractivity contribution in [2.45, 2.75) is 24.8 Å². The van der Waals surface area contributed by atoms with E-state index in [0.29, 0.717) is 15.6 Å². The zero-order chi connectivity index (χ0) is 23.2. The maximum absolute atomic E-state index is 13.9. The average Bonchev–Trinajstić information content (AvgIpc) is 3.26. The number of likely N-dealkylation sites (tertiary alicyclic amines) is 1. The zero-order valence-corrected chi connectivity index (χ0v) is 19.0. The van der Waals surface area contributed by atoms with Gasteiger partial charge in [0.2, 0.25) is 5.91 Å². The van der Waals surface area contributed by atoms with Gasteiger partial charge < -0.3 is 9.80 Å². The van der Waals surface area contributed by atoms with Gasteiger partial charge in [-0.1, -0.05) is 42.3 Å². The fraction of sp³-hybridized carbons (Fsp3) is 0.304. The van der Waals surface area contributed by atoms with Gasteiger partial charge >= 0.3 is 6.03 Å². The molecule has 0 saturated carbocycles. The lowest BCUT2D eigenvalue weighted by Crippen LogP contribution is -2.54. The molecule has 0 aromatic heterocycles. The quantitative estimate of drug-likeness (QED) is 0.633. The number of likely N-dealkylation sites (N-methyl/N-ethyl adjacent to an activating group) is 1. The van der Waals surface area contributed by atoms with Crippen molar-refractivity contribution in [1.82, 2.24) is 9.80 Å². The van der Waals surface area contributed by atoms with E-state index >= 15 is 0 Å². The van der Waals surface area contributed by atoms with E-state index in [-0.39, 0.29) is 31.1 Å². The summed E-state index contributed by atoms with van der Waals surface area (Å²) in [5.74, 6) is -1.01. The number of carbonyl (C=O) groups excluding carboxylic acids is 3. The van der Waals surface area contributed by atoms with Crippen LogP contribution in [-0.2, 0) is 9.59 Å². The number of benzene rings is 2. The summed E-state index contributed by atoms with van der Waals surface area (Å²) in [4.78, 5) is 43.9. The predicted octanol–water partition coefficient (Wildman–Crippen LogP) is 4.04. The van der Waals surface area contributed by atoms with Crippen molar-refractivity contribution in [2.75, 3.05) is 25.0 Å². The summed E-state index contributed by atoms with van der Waals surface area (Å²) >= 11 is 12.2. The Morgan fingerprint density at radius 1 is 1.16 bits per heavy atom. The van der Waals surface area contributed by atoms with E-state index in [0.717, 1.165) is 10.5 Å². The first-order valence-electron chi connectivity index (χ1n) is 10.1. The van der Waals surface area contributed by atoms with Crippen LogP contribution in [-0.4, -0.2) is 53.3 Å². The number of urea groups is 1. The maximum Gasteiger partial charge on any atom is 0.332 e. The summed E-state index contributed by atoms with van der Waals surface area (Å²) in [6.45, 7) is 2.12. The van der Waals surface area contributed by atoms with Gasteiger partial charge in [-0.3, -0.25) is 9.59 Å². The maximum atomic E-state index is 13.9. The molecule has 2 saturated heterocycles. The normalized spacial score (nSPS) is 22.7. The molecule has 0 radical (unpaired) electrons. The van der Waals surface area contributed by atoms with E-state index in [1.165, 1.54) is 23.1 Å². The molecular weight excluding hydrogens is 451 g/mol. The van der Waals surface area contributed by atoms with Crippen LogP contribution in [0, 0.1) is 11.3 Å². The highest BCUT2D eigenvalue weighted by atomic mass is 35.5. The number of hydrogen-bond acceptors (Lipinski definition) is 4. The molecule has 4 rings (SSSR count). The Morgan fingerprint density at radius 2 is 1.78 bits per heavy atom. The molecular formula is C23H20Cl2N4O3. The van der Waals surface area contributed by atoms with Crippen molar-refractivity contribution in [3.63, 3.8) is 0 Å². The molecule has 4 amide bonds. The smallest absolute Gasteiger partial charge is 0.332 e. The predicted molar refractivity (Wildman–Crippen MR) is 121 cm³/mol. The first-order valence-corrected chi connectivity index (χ1v) is 10.8. The van der Waals surface area contributed by atoms with Crippen molar-refractivity contribution < 1.29 is 14.4 Å². The number of halogens is 2. The van der Waals surface area contributed by atoms with E-state index in [1.54, 1.807) is 43.1 Å². The van der Waals surface area contributed by atoms with Crippen LogP contribution in [0.1, 0.15) is 30.4 Å². The van der Waals surface area contributed by atoms with Gasteiger partial charge in [0.15, 0.2) is 0 Å². The second kappa shape index (κ2) is 8.12. The SMILES string of the molecule is CCC(=O)N1CC(c2ccc(C#N)cc2)C2(C1)C(=O)N(c1cc(Cl)cc(Cl)c1)C(=O)N2C. The highest BCUT2D eigenvalue weighted by Crippen LogP contribution is 2.46. The monoisotopic (exact) mass is 470 g/mol. The van der Waals surface area contributed by atoms with E-state index in [2.05, 4.69) is 6.07 Å². The number of amides is 4. The Bertz CT molecular complexity index is 1140. The fourth-order valence-electron chi connectivity index (χ4n) is 4.62. The Balaban J connectivity index is 1.84. The standard InChI is InChI=1S/C23H20Cl2N4O3/c1-3-20(30)28-12-19(15-6-4-14(11-26)5-7-15)23(13-28)21(31)29(22(32)27(23)2)18-9-16(24)8-17(25)10-18/h4-10,19H,3,12-13H2,1-2H3. The van der Waals surface area contributed by atoms with Crippen LogP contribution >= 0.6 is 23.2 Å². The summed E-state index contributed by atoms with van der Waals surface area (Å²) in [7, 11) is 1.57. The molecule has 2 atom stereocenters. The minimum Gasteiger partial charge on any atom is -0.339 e. The first kappa shape index (κ1) is 22.1. The van der Waals surface area contributed by atoms with Crippen LogP contribution in [0.2, 0.25) is 10.0 Å². The van der Waals surface area contributed by atoms with E-state index < -0.39 is 23.4 Å². The van der Waals surface area contributed by atoms with E-state index in [1.807, 2.05) is 0 Å². The van der Waals surface area contributed by atoms with Crippen molar-refractivity contribution in [2.24, 2.45) is 0 Å². The molecule has 9 heteroatoms. The number of hydrogen-bond donors (Lipinski definition) is 0. The van der Waals surface area contributed by atoms with Crippen LogP contribution in [0.15, 0.2) is 42.5 Å². The highest BCUT2D eigenvalue weighted by Gasteiger charge is 2.64. The lowest BCUT2D eigenvalue weighted by molar-refractivity contribution is -0.131. The van der Waals surface area contributed by atoms with Gasteiger partial charge in [0.1, 0.15) is 5.54 Å². The third-order valence-electron chi connectivity index (χ3n) is 6.26. The Labute approximate surface area is 195 Å². The number of carbonyl (C=O) groups is 3. The Kier molecular flexibility index (Phi) is 5.61. The number of nitrogens with zero attached hydrogens (tertiary/aromatic N) is 4. The minimum atomic E-state index is -1.29. The van der Waals surface area contributed by atoms with Gasteiger partial charge in [0.05, 0.1) is 23.9 Å². The zero-order valence-electron chi connectivity index (χ0n) is 17.5. The second-order valence-electron chi connectivity index (χ2n) is 7.95. The third-order valence-corrected chi connectivity index (χ3v) is 6.70. The molecule has 2 aromatic carbocycles. The fourth-order valence-corrected chi connectivity index (χ4v) is 5.13. The molecule has 2 heterocycles. The van der Waals surface area contributed by atoms with Crippen molar-refractivity contribution in [1.29, 1.82) is 5.26 Å². The van der Waals surface area contributed by atoms with Crippen LogP contribution in [0.5, 0.6) is 0 Å². The summed E-state index contributed by atoms with van der Waals surface area (Å²) in [5, 5.41) is 9.73. The molecule has 164 valence electrons. The Hall–Kier alpha value is -3.08. The topological polar surface area (TPSA) is 84.7 Å². The van der Waals surface area contributed by atoms with E-state index in [9.17, 15) is 14.4 Å². The number of imide groups is 1. The number of nitriles is 1. The summed E-state index contributed by atoms with van der Waals surface area (Å²) in [6.07, 6.45) is 0.287. The van der Waals surface area contributed by atoms with Gasteiger partial charge in [-0.05, 0) is 35.9 Å². The third kappa shape index (κ3) is 3.31. The van der Waals surface area contributed by atoms with Crippen LogP contribution in [0.25, 0.3) is 0 Å². The molecule has 32 heavy (non-hydrogen) atoms. The highest BCUT2D eigenvalue weighted by molar-refractivity contribution is 6.35. The van der Waals surface area contributed by atoms with Gasteiger partial charge in [0, 0.05) is 36.0 Å². The molecule has 7 nitrogen and oxygen atoms in total. The van der Waals surface area contributed by atoms with Crippen LogP contribution < -0.4 is 4.90 Å². The molecule has 2 unspecified atom stereocenters. The lowest BCUT2D eigenvalue weighted by Gasteiger charge is -2.33. The Morgan fingerprint density at radius 3 is 2.34 bits per heavy atom. The lowest BCUT2D eigenvalue weighted by atomic mass is 9.80. The summed E-state index contributed by atoms with van der Waals surface area (Å²) in [5.41, 5.74) is 0.249. The van der Waals surface area contributed by atoms with Gasteiger partial charge in [-0.2, -0.15) is 5.26 Å². The van der Waals surface area contributed by atoms with Crippen molar-refractivity contribution in [3.8, 4) is 6.07 Å². The molecule has 0 bridgehead atoms. The largest absolute Gasteiger partial charge is 0.339 e. The van der Waals surface area contributed by atoms with Gasteiger partial charge in [0.25, 0.3) is 5.91 Å². The number of anilines is 1. The van der Waals surface area contributed by atoms with Crippen molar-refractivity contribution >= 4 is 46.7 Å². The van der Waals surface area contributed by atoms with Crippen LogP contribution in [0.3, 0.4) is 0 Å². The van der Waals surface area contributed by atoms with Crippen LogP contribution in [0.4, 0.5) is 10.5 Å². The molecule has 1 spiro atoms. The molecule has 0 aliphatic carbocycles. The number of rotatable bonds is 3. The summed E-state index contributed by atoms with van der Waals surface area (Å²) < 4.78 is 0. The molecule has 2 fully saturated rings. The first-order chi connectivity index (χ1) is 15.2. The molecule has 0 N–H and O–H groups in total. The van der Waals surface area contributed by atoms with Gasteiger partial charge in [-0.25, -0.2) is 9.69 Å². The molecule has 2 aliphatic heterocycles. The molecule has 2 aromatic rings. The van der Waals surface area contributed by atoms with Crippen molar-refractivity contribution in [3.05, 3.63) is 63.6 Å².